The highest BCUT2D eigenvalue weighted by atomic mass is 35.5. The van der Waals surface area contributed by atoms with Crippen molar-refractivity contribution in [2.24, 2.45) is 5.73 Å². The summed E-state index contributed by atoms with van der Waals surface area (Å²) >= 11 is 0. The predicted octanol–water partition coefficient (Wildman–Crippen LogP) is 1.24. The minimum absolute atomic E-state index is 0. The van der Waals surface area contributed by atoms with E-state index < -0.39 is 0 Å². The minimum Gasteiger partial charge on any atom is -0.486 e. The number of aromatic nitrogens is 3. The van der Waals surface area contributed by atoms with Crippen LogP contribution in [-0.4, -0.2) is 46.7 Å². The number of carbonyl (C=O) groups excluding carboxylic acids is 1. The van der Waals surface area contributed by atoms with Crippen molar-refractivity contribution in [3.05, 3.63) is 29.6 Å². The molecule has 9 heteroatoms. The van der Waals surface area contributed by atoms with Gasteiger partial charge in [0.1, 0.15) is 13.2 Å². The number of nitrogens with one attached hydrogen (secondary N) is 1. The lowest BCUT2D eigenvalue weighted by Gasteiger charge is -2.18. The molecule has 0 radical (unpaired) electrons. The van der Waals surface area contributed by atoms with Crippen LogP contribution in [0.4, 0.5) is 0 Å². The second-order valence-electron chi connectivity index (χ2n) is 5.79. The Hall–Kier alpha value is -2.32. The number of halogens is 1. The van der Waals surface area contributed by atoms with Gasteiger partial charge in [0.15, 0.2) is 17.2 Å². The lowest BCUT2D eigenvalue weighted by molar-refractivity contribution is 0.0947. The molecule has 0 aliphatic carbocycles. The summed E-state index contributed by atoms with van der Waals surface area (Å²) in [5.74, 6) is 1.12. The van der Waals surface area contributed by atoms with E-state index in [1.54, 1.807) is 11.6 Å². The van der Waals surface area contributed by atoms with E-state index in [0.29, 0.717) is 49.1 Å². The summed E-state index contributed by atoms with van der Waals surface area (Å²) in [4.78, 5) is 12.2. The topological polar surface area (TPSA) is 104 Å². The largest absolute Gasteiger partial charge is 0.486 e. The first-order chi connectivity index (χ1) is 11.6. The zero-order valence-electron chi connectivity index (χ0n) is 14.2. The number of nitrogens with two attached hydrogens (primary N) is 1. The van der Waals surface area contributed by atoms with Crippen molar-refractivity contribution in [3.8, 4) is 17.2 Å². The third kappa shape index (κ3) is 4.21. The number of benzene rings is 1. The van der Waals surface area contributed by atoms with Gasteiger partial charge in [0.05, 0.1) is 11.4 Å². The van der Waals surface area contributed by atoms with Crippen molar-refractivity contribution in [2.75, 3.05) is 19.8 Å². The van der Waals surface area contributed by atoms with Crippen LogP contribution in [0.2, 0.25) is 0 Å². The number of hydrogen-bond acceptors (Lipinski definition) is 6. The standard InChI is InChI=1S/C16H21N5O3.ClH/c1-10(17)5-6-18-16(22)15-11(2)21(20-19-15)12-3-4-13-14(9-12)24-8-7-23-13;/h3-4,9-10H,5-8,17H2,1-2H3,(H,18,22);1H. The highest BCUT2D eigenvalue weighted by Crippen LogP contribution is 2.32. The van der Waals surface area contributed by atoms with E-state index in [0.717, 1.165) is 5.69 Å². The maximum Gasteiger partial charge on any atom is 0.273 e. The van der Waals surface area contributed by atoms with Crippen LogP contribution in [0.5, 0.6) is 11.5 Å². The van der Waals surface area contributed by atoms with Crippen molar-refractivity contribution in [1.82, 2.24) is 20.3 Å². The van der Waals surface area contributed by atoms with Crippen LogP contribution in [0.25, 0.3) is 5.69 Å². The Bertz CT molecular complexity index is 747. The summed E-state index contributed by atoms with van der Waals surface area (Å²) in [6, 6.07) is 5.55. The SMILES string of the molecule is Cc1c(C(=O)NCCC(C)N)nnn1-c1ccc2c(c1)OCCO2.Cl. The van der Waals surface area contributed by atoms with E-state index in [1.807, 2.05) is 25.1 Å². The Morgan fingerprint density at radius 3 is 2.80 bits per heavy atom. The summed E-state index contributed by atoms with van der Waals surface area (Å²) in [6.07, 6.45) is 0.709. The fourth-order valence-corrected chi connectivity index (χ4v) is 2.45. The van der Waals surface area contributed by atoms with E-state index in [4.69, 9.17) is 15.2 Å². The Labute approximate surface area is 152 Å². The molecule has 1 aromatic carbocycles. The highest BCUT2D eigenvalue weighted by Gasteiger charge is 2.19. The van der Waals surface area contributed by atoms with Crippen LogP contribution in [0.3, 0.4) is 0 Å². The second-order valence-corrected chi connectivity index (χ2v) is 5.79. The van der Waals surface area contributed by atoms with Crippen molar-refractivity contribution in [2.45, 2.75) is 26.3 Å². The van der Waals surface area contributed by atoms with Gasteiger partial charge in [-0.1, -0.05) is 5.21 Å². The van der Waals surface area contributed by atoms with Gasteiger partial charge in [-0.15, -0.1) is 17.5 Å². The van der Waals surface area contributed by atoms with Gasteiger partial charge in [-0.05, 0) is 32.4 Å². The number of amides is 1. The summed E-state index contributed by atoms with van der Waals surface area (Å²) in [6.45, 7) is 5.26. The molecule has 3 rings (SSSR count). The number of carbonyl (C=O) groups is 1. The van der Waals surface area contributed by atoms with Crippen LogP contribution in [-0.2, 0) is 0 Å². The molecule has 0 bridgehead atoms. The van der Waals surface area contributed by atoms with E-state index >= 15 is 0 Å². The first kappa shape index (κ1) is 19.0. The third-order valence-electron chi connectivity index (χ3n) is 3.77. The summed E-state index contributed by atoms with van der Waals surface area (Å²) < 4.78 is 12.7. The molecule has 1 aromatic heterocycles. The van der Waals surface area contributed by atoms with Gasteiger partial charge >= 0.3 is 0 Å². The normalized spacial score (nSPS) is 13.7. The summed E-state index contributed by atoms with van der Waals surface area (Å²) in [7, 11) is 0. The molecular weight excluding hydrogens is 346 g/mol. The fraction of sp³-hybridized carbons (Fsp3) is 0.438. The fourth-order valence-electron chi connectivity index (χ4n) is 2.45. The highest BCUT2D eigenvalue weighted by molar-refractivity contribution is 5.93. The first-order valence-electron chi connectivity index (χ1n) is 7.92. The molecule has 1 atom stereocenters. The smallest absolute Gasteiger partial charge is 0.273 e. The monoisotopic (exact) mass is 367 g/mol. The van der Waals surface area contributed by atoms with Crippen LogP contribution < -0.4 is 20.5 Å². The van der Waals surface area contributed by atoms with Crippen molar-refractivity contribution in [1.29, 1.82) is 0 Å². The third-order valence-corrected chi connectivity index (χ3v) is 3.77. The Morgan fingerprint density at radius 2 is 2.08 bits per heavy atom. The van der Waals surface area contributed by atoms with E-state index in [9.17, 15) is 4.79 Å². The summed E-state index contributed by atoms with van der Waals surface area (Å²) in [5, 5.41) is 10.9. The number of fused-ring (bicyclic) bond motifs is 1. The van der Waals surface area contributed by atoms with Crippen LogP contribution in [0.1, 0.15) is 29.5 Å². The molecule has 2 heterocycles. The molecule has 0 spiro atoms. The number of hydrogen-bond donors (Lipinski definition) is 2. The number of rotatable bonds is 5. The molecule has 0 saturated carbocycles. The second kappa shape index (κ2) is 8.17. The predicted molar refractivity (Wildman–Crippen MR) is 94.9 cm³/mol. The van der Waals surface area contributed by atoms with E-state index in [2.05, 4.69) is 15.6 Å². The zero-order valence-corrected chi connectivity index (χ0v) is 15.0. The van der Waals surface area contributed by atoms with Gasteiger partial charge in [0.2, 0.25) is 0 Å². The average molecular weight is 368 g/mol. The number of nitrogens with zero attached hydrogens (tertiary/aromatic N) is 3. The van der Waals surface area contributed by atoms with Gasteiger partial charge < -0.3 is 20.5 Å². The first-order valence-corrected chi connectivity index (χ1v) is 7.92. The Kier molecular flexibility index (Phi) is 6.22. The molecular formula is C16H22ClN5O3. The molecule has 1 aliphatic rings. The van der Waals surface area contributed by atoms with Crippen LogP contribution >= 0.6 is 12.4 Å². The molecule has 1 unspecified atom stereocenters. The average Bonchev–Trinajstić information content (AvgIpc) is 2.95. The Morgan fingerprint density at radius 1 is 1.36 bits per heavy atom. The maximum absolute atomic E-state index is 12.2. The minimum atomic E-state index is -0.253. The van der Waals surface area contributed by atoms with Gasteiger partial charge in [-0.25, -0.2) is 4.68 Å². The molecule has 2 aromatic rings. The van der Waals surface area contributed by atoms with Crippen molar-refractivity contribution < 1.29 is 14.3 Å². The lowest BCUT2D eigenvalue weighted by atomic mass is 10.2. The molecule has 8 nitrogen and oxygen atoms in total. The zero-order chi connectivity index (χ0) is 17.1. The quantitative estimate of drug-likeness (QED) is 0.823. The van der Waals surface area contributed by atoms with Crippen LogP contribution in [0.15, 0.2) is 18.2 Å². The van der Waals surface area contributed by atoms with Crippen molar-refractivity contribution in [3.63, 3.8) is 0 Å². The molecule has 3 N–H and O–H groups in total. The van der Waals surface area contributed by atoms with E-state index in [-0.39, 0.29) is 24.4 Å². The molecule has 1 amide bonds. The van der Waals surface area contributed by atoms with Gasteiger partial charge in [0.25, 0.3) is 5.91 Å². The van der Waals surface area contributed by atoms with Gasteiger partial charge in [-0.3, -0.25) is 4.79 Å². The molecule has 1 aliphatic heterocycles. The Balaban J connectivity index is 0.00000225. The lowest BCUT2D eigenvalue weighted by Crippen LogP contribution is -2.29. The molecule has 0 saturated heterocycles. The molecule has 0 fully saturated rings. The molecule has 136 valence electrons. The maximum atomic E-state index is 12.2. The molecule has 25 heavy (non-hydrogen) atoms. The summed E-state index contributed by atoms with van der Waals surface area (Å²) in [5.41, 5.74) is 7.40. The van der Waals surface area contributed by atoms with Crippen LogP contribution in [0, 0.1) is 6.92 Å². The van der Waals surface area contributed by atoms with Gasteiger partial charge in [-0.2, -0.15) is 0 Å². The van der Waals surface area contributed by atoms with Gasteiger partial charge in [0, 0.05) is 18.7 Å². The van der Waals surface area contributed by atoms with Crippen molar-refractivity contribution >= 4 is 18.3 Å². The van der Waals surface area contributed by atoms with E-state index in [1.165, 1.54) is 0 Å². The number of ether oxygens (including phenoxy) is 2.